The molecule has 7 heteroatoms. The number of nitrogens with zero attached hydrogens (tertiary/aromatic N) is 4. The number of carbonyl (C=O) groups is 1. The van der Waals surface area contributed by atoms with Gasteiger partial charge in [-0.1, -0.05) is 30.6 Å². The second kappa shape index (κ2) is 7.54. The van der Waals surface area contributed by atoms with Crippen LogP contribution >= 0.6 is 11.6 Å². The molecule has 1 amide bonds. The van der Waals surface area contributed by atoms with Gasteiger partial charge >= 0.3 is 0 Å². The second-order valence-electron chi connectivity index (χ2n) is 6.66. The van der Waals surface area contributed by atoms with Crippen LogP contribution in [0.5, 0.6) is 0 Å². The maximum absolute atomic E-state index is 12.1. The molecule has 0 N–H and O–H groups in total. The van der Waals surface area contributed by atoms with Crippen molar-refractivity contribution in [2.45, 2.75) is 26.8 Å². The van der Waals surface area contributed by atoms with E-state index in [-0.39, 0.29) is 17.9 Å². The third kappa shape index (κ3) is 4.02. The molecule has 1 aromatic heterocycles. The molecule has 1 atom stereocenters. The second-order valence-corrected chi connectivity index (χ2v) is 7.09. The van der Waals surface area contributed by atoms with E-state index in [0.29, 0.717) is 16.7 Å². The summed E-state index contributed by atoms with van der Waals surface area (Å²) in [6.07, 6.45) is 0. The Hall–Kier alpha value is -1.92. The van der Waals surface area contributed by atoms with E-state index in [1.54, 1.807) is 12.1 Å². The standard InChI is InChI=1S/C18H23ClN4O2/c1-12(2)18(24)23-10-8-22(9-11-23)13(3)17-20-16(21-25-17)14-4-6-15(19)7-5-14/h4-7,12-13H,8-11H2,1-3H3. The number of rotatable bonds is 4. The van der Waals surface area contributed by atoms with E-state index in [9.17, 15) is 4.79 Å². The predicted molar refractivity (Wildman–Crippen MR) is 96.2 cm³/mol. The summed E-state index contributed by atoms with van der Waals surface area (Å²) in [5, 5.41) is 4.75. The lowest BCUT2D eigenvalue weighted by atomic mass is 10.1. The van der Waals surface area contributed by atoms with Crippen molar-refractivity contribution in [3.63, 3.8) is 0 Å². The van der Waals surface area contributed by atoms with E-state index in [1.807, 2.05) is 30.9 Å². The fourth-order valence-electron chi connectivity index (χ4n) is 2.97. The number of benzene rings is 1. The highest BCUT2D eigenvalue weighted by Gasteiger charge is 2.28. The van der Waals surface area contributed by atoms with Gasteiger partial charge in [-0.25, -0.2) is 0 Å². The average Bonchev–Trinajstić information content (AvgIpc) is 3.11. The van der Waals surface area contributed by atoms with Crippen LogP contribution in [0.1, 0.15) is 32.7 Å². The monoisotopic (exact) mass is 362 g/mol. The van der Waals surface area contributed by atoms with Crippen molar-refractivity contribution in [3.8, 4) is 11.4 Å². The summed E-state index contributed by atoms with van der Waals surface area (Å²) < 4.78 is 5.46. The molecule has 2 heterocycles. The zero-order valence-corrected chi connectivity index (χ0v) is 15.5. The van der Waals surface area contributed by atoms with Crippen LogP contribution in [0.25, 0.3) is 11.4 Å². The molecule has 1 aromatic carbocycles. The van der Waals surface area contributed by atoms with Crippen LogP contribution in [-0.4, -0.2) is 52.0 Å². The Balaban J connectivity index is 1.63. The molecule has 1 unspecified atom stereocenters. The smallest absolute Gasteiger partial charge is 0.244 e. The van der Waals surface area contributed by atoms with Gasteiger partial charge in [-0.3, -0.25) is 9.69 Å². The van der Waals surface area contributed by atoms with Crippen LogP contribution in [0.3, 0.4) is 0 Å². The molecule has 0 bridgehead atoms. The minimum absolute atomic E-state index is 0.0184. The van der Waals surface area contributed by atoms with Crippen LogP contribution < -0.4 is 0 Å². The molecular weight excluding hydrogens is 340 g/mol. The van der Waals surface area contributed by atoms with Gasteiger partial charge in [-0.2, -0.15) is 4.98 Å². The van der Waals surface area contributed by atoms with Gasteiger partial charge in [0, 0.05) is 42.7 Å². The normalized spacial score (nSPS) is 17.1. The highest BCUT2D eigenvalue weighted by Crippen LogP contribution is 2.24. The van der Waals surface area contributed by atoms with E-state index < -0.39 is 0 Å². The lowest BCUT2D eigenvalue weighted by molar-refractivity contribution is -0.136. The molecule has 0 aliphatic carbocycles. The minimum Gasteiger partial charge on any atom is -0.340 e. The molecule has 6 nitrogen and oxygen atoms in total. The molecule has 1 fully saturated rings. The first-order valence-electron chi connectivity index (χ1n) is 8.58. The third-order valence-corrected chi connectivity index (χ3v) is 4.82. The van der Waals surface area contributed by atoms with Gasteiger partial charge < -0.3 is 9.42 Å². The number of halogens is 1. The highest BCUT2D eigenvalue weighted by atomic mass is 35.5. The first-order valence-corrected chi connectivity index (χ1v) is 8.96. The fourth-order valence-corrected chi connectivity index (χ4v) is 3.10. The van der Waals surface area contributed by atoms with Crippen molar-refractivity contribution in [2.24, 2.45) is 5.92 Å². The van der Waals surface area contributed by atoms with Gasteiger partial charge in [0.15, 0.2) is 0 Å². The summed E-state index contributed by atoms with van der Waals surface area (Å²) in [4.78, 5) is 20.8. The molecule has 3 rings (SSSR count). The van der Waals surface area contributed by atoms with Crippen LogP contribution in [0.15, 0.2) is 28.8 Å². The number of hydrogen-bond acceptors (Lipinski definition) is 5. The van der Waals surface area contributed by atoms with Crippen LogP contribution in [-0.2, 0) is 4.79 Å². The van der Waals surface area contributed by atoms with Gasteiger partial charge in [-0.15, -0.1) is 0 Å². The average molecular weight is 363 g/mol. The Bertz CT molecular complexity index is 721. The molecule has 0 saturated carbocycles. The Morgan fingerprint density at radius 3 is 2.36 bits per heavy atom. The molecule has 0 radical (unpaired) electrons. The lowest BCUT2D eigenvalue weighted by Crippen LogP contribution is -2.50. The molecule has 0 spiro atoms. The Kier molecular flexibility index (Phi) is 5.39. The fraction of sp³-hybridized carbons (Fsp3) is 0.500. The van der Waals surface area contributed by atoms with Crippen molar-refractivity contribution in [1.82, 2.24) is 19.9 Å². The lowest BCUT2D eigenvalue weighted by Gasteiger charge is -2.37. The number of carbonyl (C=O) groups excluding carboxylic acids is 1. The number of piperazine rings is 1. The first kappa shape index (κ1) is 17.9. The van der Waals surface area contributed by atoms with Crippen molar-refractivity contribution < 1.29 is 9.32 Å². The Labute approximate surface area is 152 Å². The van der Waals surface area contributed by atoms with Crippen LogP contribution in [0, 0.1) is 5.92 Å². The topological polar surface area (TPSA) is 62.5 Å². The summed E-state index contributed by atoms with van der Waals surface area (Å²) >= 11 is 5.91. The van der Waals surface area contributed by atoms with E-state index in [2.05, 4.69) is 22.0 Å². The van der Waals surface area contributed by atoms with Crippen molar-refractivity contribution in [2.75, 3.05) is 26.2 Å². The maximum Gasteiger partial charge on any atom is 0.244 e. The van der Waals surface area contributed by atoms with Gasteiger partial charge in [-0.05, 0) is 31.2 Å². The molecule has 2 aromatic rings. The van der Waals surface area contributed by atoms with Gasteiger partial charge in [0.1, 0.15) is 0 Å². The zero-order chi connectivity index (χ0) is 18.0. The summed E-state index contributed by atoms with van der Waals surface area (Å²) in [6.45, 7) is 9.01. The van der Waals surface area contributed by atoms with E-state index in [4.69, 9.17) is 16.1 Å². The van der Waals surface area contributed by atoms with Crippen molar-refractivity contribution >= 4 is 17.5 Å². The molecule has 25 heavy (non-hydrogen) atoms. The molecular formula is C18H23ClN4O2. The minimum atomic E-state index is 0.0184. The number of aromatic nitrogens is 2. The molecule has 1 aliphatic heterocycles. The molecule has 134 valence electrons. The largest absolute Gasteiger partial charge is 0.340 e. The molecule has 1 saturated heterocycles. The van der Waals surface area contributed by atoms with Gasteiger partial charge in [0.25, 0.3) is 0 Å². The van der Waals surface area contributed by atoms with Crippen molar-refractivity contribution in [1.29, 1.82) is 0 Å². The van der Waals surface area contributed by atoms with E-state index in [1.165, 1.54) is 0 Å². The maximum atomic E-state index is 12.1. The Morgan fingerprint density at radius 1 is 1.12 bits per heavy atom. The predicted octanol–water partition coefficient (Wildman–Crippen LogP) is 3.25. The van der Waals surface area contributed by atoms with Crippen LogP contribution in [0.2, 0.25) is 5.02 Å². The van der Waals surface area contributed by atoms with Crippen molar-refractivity contribution in [3.05, 3.63) is 35.2 Å². The van der Waals surface area contributed by atoms with Gasteiger partial charge in [0.05, 0.1) is 6.04 Å². The summed E-state index contributed by atoms with van der Waals surface area (Å²) in [7, 11) is 0. The van der Waals surface area contributed by atoms with E-state index >= 15 is 0 Å². The molecule has 1 aliphatic rings. The summed E-state index contributed by atoms with van der Waals surface area (Å²) in [5.74, 6) is 1.41. The van der Waals surface area contributed by atoms with E-state index in [0.717, 1.165) is 31.7 Å². The summed E-state index contributed by atoms with van der Waals surface area (Å²) in [6, 6.07) is 7.38. The summed E-state index contributed by atoms with van der Waals surface area (Å²) in [5.41, 5.74) is 0.874. The third-order valence-electron chi connectivity index (χ3n) is 4.57. The van der Waals surface area contributed by atoms with Crippen LogP contribution in [0.4, 0.5) is 0 Å². The highest BCUT2D eigenvalue weighted by molar-refractivity contribution is 6.30. The zero-order valence-electron chi connectivity index (χ0n) is 14.8. The SMILES string of the molecule is CC(C)C(=O)N1CCN(C(C)c2nc(-c3ccc(Cl)cc3)no2)CC1. The number of amides is 1. The first-order chi connectivity index (χ1) is 12.0. The Morgan fingerprint density at radius 2 is 1.76 bits per heavy atom. The van der Waals surface area contributed by atoms with Gasteiger partial charge in [0.2, 0.25) is 17.6 Å². The number of hydrogen-bond donors (Lipinski definition) is 0. The quantitative estimate of drug-likeness (QED) is 0.835.